The smallest absolute Gasteiger partial charge is 0.331 e. The Morgan fingerprint density at radius 2 is 1.76 bits per heavy atom. The van der Waals surface area contributed by atoms with Gasteiger partial charge in [0, 0.05) is 12.2 Å². The topological polar surface area (TPSA) is 79.5 Å². The molecule has 0 atom stereocenters. The van der Waals surface area contributed by atoms with E-state index in [1.54, 1.807) is 13.8 Å². The van der Waals surface area contributed by atoms with Crippen LogP contribution in [0.15, 0.2) is 15.8 Å². The van der Waals surface area contributed by atoms with Gasteiger partial charge < -0.3 is 9.16 Å². The molecule has 0 saturated heterocycles. The Morgan fingerprint density at radius 1 is 1.20 bits per heavy atom. The molecule has 1 heterocycles. The van der Waals surface area contributed by atoms with Gasteiger partial charge in [-0.2, -0.15) is 0 Å². The van der Waals surface area contributed by atoms with Crippen LogP contribution >= 0.6 is 0 Å². The maximum absolute atomic E-state index is 12.9. The molecule has 0 N–H and O–H groups in total. The molecule has 25 heavy (non-hydrogen) atoms. The van der Waals surface area contributed by atoms with E-state index in [0.29, 0.717) is 5.56 Å². The molecule has 8 heteroatoms. The third kappa shape index (κ3) is 5.40. The first-order chi connectivity index (χ1) is 11.3. The number of aromatic nitrogens is 2. The lowest BCUT2D eigenvalue weighted by Crippen LogP contribution is -2.46. The van der Waals surface area contributed by atoms with Gasteiger partial charge in [0.15, 0.2) is 9.76 Å². The molecule has 0 aliphatic rings. The third-order valence-electron chi connectivity index (χ3n) is 3.74. The highest BCUT2D eigenvalue weighted by atomic mass is 28.2. The zero-order chi connectivity index (χ0) is 19.6. The van der Waals surface area contributed by atoms with Crippen molar-refractivity contribution in [3.8, 4) is 0 Å². The van der Waals surface area contributed by atoms with Crippen molar-refractivity contribution in [3.63, 3.8) is 0 Å². The van der Waals surface area contributed by atoms with Gasteiger partial charge in [-0.05, 0) is 32.7 Å². The van der Waals surface area contributed by atoms with E-state index in [0.717, 1.165) is 4.57 Å². The minimum atomic E-state index is -0.921. The average Bonchev–Trinajstić information content (AvgIpc) is 2.46. The summed E-state index contributed by atoms with van der Waals surface area (Å²) in [4.78, 5) is 37.1. The minimum absolute atomic E-state index is 0.0643. The van der Waals surface area contributed by atoms with Gasteiger partial charge >= 0.3 is 11.7 Å². The van der Waals surface area contributed by atoms with Crippen LogP contribution in [0, 0.1) is 0 Å². The van der Waals surface area contributed by atoms with E-state index >= 15 is 0 Å². The molecule has 0 aliphatic carbocycles. The Bertz CT molecular complexity index is 741. The Balaban J connectivity index is 3.51. The summed E-state index contributed by atoms with van der Waals surface area (Å²) in [5.41, 5.74) is -1.40. The van der Waals surface area contributed by atoms with Gasteiger partial charge in [0.1, 0.15) is 6.54 Å². The molecule has 0 spiro atoms. The van der Waals surface area contributed by atoms with Crippen LogP contribution in [0.1, 0.15) is 60.1 Å². The predicted octanol–water partition coefficient (Wildman–Crippen LogP) is 1.32. The van der Waals surface area contributed by atoms with Crippen LogP contribution in [0.25, 0.3) is 0 Å². The van der Waals surface area contributed by atoms with Gasteiger partial charge in [-0.1, -0.05) is 20.8 Å². The van der Waals surface area contributed by atoms with Crippen molar-refractivity contribution >= 4 is 15.7 Å². The van der Waals surface area contributed by atoms with E-state index in [-0.39, 0.29) is 23.2 Å². The normalized spacial score (nSPS) is 13.0. The average molecular weight is 371 g/mol. The zero-order valence-corrected chi connectivity index (χ0v) is 17.9. The quantitative estimate of drug-likeness (QED) is 0.557. The molecule has 1 aromatic heterocycles. The second kappa shape index (κ2) is 7.70. The minimum Gasteiger partial charge on any atom is -0.468 e. The first-order valence-corrected chi connectivity index (χ1v) is 9.66. The molecule has 0 bridgehead atoms. The van der Waals surface area contributed by atoms with Crippen LogP contribution in [0.5, 0.6) is 0 Å². The number of hydrogen-bond donors (Lipinski definition) is 0. The fourth-order valence-electron chi connectivity index (χ4n) is 2.28. The molecule has 0 aliphatic heterocycles. The van der Waals surface area contributed by atoms with E-state index in [2.05, 4.69) is 25.5 Å². The maximum atomic E-state index is 12.9. The third-order valence-corrected chi connectivity index (χ3v) is 5.48. The molecular weight excluding hydrogens is 340 g/mol. The molecule has 0 unspecified atom stereocenters. The van der Waals surface area contributed by atoms with Gasteiger partial charge in [0.2, 0.25) is 0 Å². The van der Waals surface area contributed by atoms with Gasteiger partial charge in [-0.15, -0.1) is 0 Å². The molecule has 0 saturated carbocycles. The number of hydrogen-bond acceptors (Lipinski definition) is 5. The standard InChI is InChI=1S/C17H30N2O5Si/c1-11(2)19-14(21)12(17(6,7)24-25-16(3,4)5)9-18(15(19)22)10-13(20)23-8/h9,11H,10,25H2,1-8H3. The number of rotatable bonds is 6. The Labute approximate surface area is 150 Å². The zero-order valence-electron chi connectivity index (χ0n) is 16.5. The summed E-state index contributed by atoms with van der Waals surface area (Å²) in [7, 11) is 0.337. The van der Waals surface area contributed by atoms with Crippen LogP contribution in [0.2, 0.25) is 5.04 Å². The lowest BCUT2D eigenvalue weighted by atomic mass is 10.0. The van der Waals surface area contributed by atoms with E-state index in [9.17, 15) is 14.4 Å². The summed E-state index contributed by atoms with van der Waals surface area (Å²) in [5.74, 6) is -0.551. The summed E-state index contributed by atoms with van der Waals surface area (Å²) in [5, 5.41) is 0.0643. The number of nitrogens with zero attached hydrogens (tertiary/aromatic N) is 2. The van der Waals surface area contributed by atoms with Crippen LogP contribution in [0.3, 0.4) is 0 Å². The highest BCUT2D eigenvalue weighted by Gasteiger charge is 2.30. The second-order valence-corrected chi connectivity index (χ2v) is 10.9. The molecule has 0 amide bonds. The van der Waals surface area contributed by atoms with Gasteiger partial charge in [-0.25, -0.2) is 4.79 Å². The molecule has 0 fully saturated rings. The maximum Gasteiger partial charge on any atom is 0.331 e. The largest absolute Gasteiger partial charge is 0.468 e. The molecule has 0 radical (unpaired) electrons. The summed E-state index contributed by atoms with van der Waals surface area (Å²) < 4.78 is 13.1. The number of carbonyl (C=O) groups is 1. The van der Waals surface area contributed by atoms with Crippen LogP contribution in [-0.2, 0) is 26.1 Å². The Morgan fingerprint density at radius 3 is 2.20 bits per heavy atom. The number of ether oxygens (including phenoxy) is 1. The van der Waals surface area contributed by atoms with Crippen LogP contribution in [0.4, 0.5) is 0 Å². The van der Waals surface area contributed by atoms with Crippen molar-refractivity contribution < 1.29 is 14.0 Å². The Kier molecular flexibility index (Phi) is 6.58. The SMILES string of the molecule is COC(=O)Cn1cc(C(C)(C)O[SiH2]C(C)(C)C)c(=O)n(C(C)C)c1=O. The molecular formula is C17H30N2O5Si. The van der Waals surface area contributed by atoms with Gasteiger partial charge in [0.25, 0.3) is 5.56 Å². The van der Waals surface area contributed by atoms with Crippen LogP contribution in [-0.4, -0.2) is 32.0 Å². The van der Waals surface area contributed by atoms with Crippen molar-refractivity contribution in [1.82, 2.24) is 9.13 Å². The van der Waals surface area contributed by atoms with E-state index < -0.39 is 27.0 Å². The van der Waals surface area contributed by atoms with Gasteiger partial charge in [-0.3, -0.25) is 18.7 Å². The Hall–Kier alpha value is -1.67. The lowest BCUT2D eigenvalue weighted by Gasteiger charge is -2.30. The molecule has 142 valence electrons. The first kappa shape index (κ1) is 21.4. The predicted molar refractivity (Wildman–Crippen MR) is 99.7 cm³/mol. The fraction of sp³-hybridized carbons (Fsp3) is 0.706. The van der Waals surface area contributed by atoms with E-state index in [1.165, 1.54) is 17.9 Å². The van der Waals surface area contributed by atoms with Crippen molar-refractivity contribution in [2.75, 3.05) is 7.11 Å². The first-order valence-electron chi connectivity index (χ1n) is 8.37. The summed E-state index contributed by atoms with van der Waals surface area (Å²) in [6.45, 7) is 13.2. The summed E-state index contributed by atoms with van der Waals surface area (Å²) in [6, 6.07) is -0.334. The summed E-state index contributed by atoms with van der Waals surface area (Å²) >= 11 is 0. The molecule has 1 rings (SSSR count). The highest BCUT2D eigenvalue weighted by molar-refractivity contribution is 6.31. The highest BCUT2D eigenvalue weighted by Crippen LogP contribution is 2.27. The van der Waals surface area contributed by atoms with Crippen molar-refractivity contribution in [2.24, 2.45) is 0 Å². The number of esters is 1. The molecule has 0 aromatic carbocycles. The van der Waals surface area contributed by atoms with E-state index in [1.807, 2.05) is 13.8 Å². The fourth-order valence-corrected chi connectivity index (χ4v) is 3.23. The van der Waals surface area contributed by atoms with Crippen molar-refractivity contribution in [3.05, 3.63) is 32.6 Å². The number of methoxy groups -OCH3 is 1. The van der Waals surface area contributed by atoms with Gasteiger partial charge in [0.05, 0.1) is 18.3 Å². The molecule has 1 aromatic rings. The van der Waals surface area contributed by atoms with Crippen LogP contribution < -0.4 is 11.2 Å². The summed E-state index contributed by atoms with van der Waals surface area (Å²) in [6.07, 6.45) is 1.43. The second-order valence-electron chi connectivity index (χ2n) is 8.16. The lowest BCUT2D eigenvalue weighted by molar-refractivity contribution is -0.141. The van der Waals surface area contributed by atoms with E-state index in [4.69, 9.17) is 4.43 Å². The molecule has 7 nitrogen and oxygen atoms in total. The van der Waals surface area contributed by atoms with Crippen molar-refractivity contribution in [1.29, 1.82) is 0 Å². The van der Waals surface area contributed by atoms with Crippen molar-refractivity contribution in [2.45, 2.75) is 71.7 Å². The monoisotopic (exact) mass is 370 g/mol. The number of carbonyl (C=O) groups excluding carboxylic acids is 1.